The lowest BCUT2D eigenvalue weighted by molar-refractivity contribution is -0.128. The van der Waals surface area contributed by atoms with Gasteiger partial charge in [0.2, 0.25) is 5.91 Å². The van der Waals surface area contributed by atoms with Crippen LogP contribution >= 0.6 is 0 Å². The molecule has 1 amide bonds. The molecular weight excluding hydrogens is 142 g/mol. The second-order valence-corrected chi connectivity index (χ2v) is 2.51. The molecule has 0 saturated carbocycles. The van der Waals surface area contributed by atoms with Crippen LogP contribution < -0.4 is 5.73 Å². The number of amides is 1. The van der Waals surface area contributed by atoms with Crippen molar-refractivity contribution in [2.24, 2.45) is 11.7 Å². The number of likely N-dealkylation sites (N-methyl/N-ethyl adjacent to an activating group) is 1. The number of nitrogens with two attached hydrogens (primary N) is 1. The largest absolute Gasteiger partial charge is 0.343 e. The van der Waals surface area contributed by atoms with E-state index in [0.29, 0.717) is 6.54 Å². The number of carbonyl (C=O) groups is 1. The minimum atomic E-state index is -0.132. The monoisotopic (exact) mass is 155 g/mol. The van der Waals surface area contributed by atoms with E-state index in [1.807, 2.05) is 6.07 Å². The van der Waals surface area contributed by atoms with Crippen LogP contribution in [0.1, 0.15) is 6.92 Å². The second-order valence-electron chi connectivity index (χ2n) is 2.51. The molecule has 0 radical (unpaired) electrons. The van der Waals surface area contributed by atoms with Crippen molar-refractivity contribution in [1.29, 1.82) is 5.26 Å². The van der Waals surface area contributed by atoms with Crippen molar-refractivity contribution >= 4 is 5.91 Å². The molecule has 11 heavy (non-hydrogen) atoms. The highest BCUT2D eigenvalue weighted by atomic mass is 16.2. The van der Waals surface area contributed by atoms with Crippen molar-refractivity contribution in [2.45, 2.75) is 6.92 Å². The molecule has 0 heterocycles. The Morgan fingerprint density at radius 2 is 2.36 bits per heavy atom. The number of rotatable bonds is 3. The van der Waals surface area contributed by atoms with Gasteiger partial charge in [-0.15, -0.1) is 0 Å². The molecule has 0 aliphatic heterocycles. The molecule has 4 heteroatoms. The maximum absolute atomic E-state index is 10.9. The van der Waals surface area contributed by atoms with Gasteiger partial charge in [-0.05, 0) is 6.92 Å². The molecule has 0 aliphatic carbocycles. The third-order valence-corrected chi connectivity index (χ3v) is 1.37. The molecule has 0 fully saturated rings. The summed E-state index contributed by atoms with van der Waals surface area (Å²) in [5.74, 6) is -0.261. The first kappa shape index (κ1) is 9.92. The zero-order valence-corrected chi connectivity index (χ0v) is 6.87. The smallest absolute Gasteiger partial charge is 0.236 e. The summed E-state index contributed by atoms with van der Waals surface area (Å²) in [4.78, 5) is 12.3. The van der Waals surface area contributed by atoms with Crippen molar-refractivity contribution in [3.05, 3.63) is 0 Å². The molecule has 0 spiro atoms. The lowest BCUT2D eigenvalue weighted by atomic mass is 10.2. The molecule has 0 aromatic rings. The normalized spacial score (nSPS) is 11.8. The van der Waals surface area contributed by atoms with Crippen LogP contribution in [-0.2, 0) is 4.79 Å². The molecule has 0 aromatic carbocycles. The van der Waals surface area contributed by atoms with Gasteiger partial charge in [-0.2, -0.15) is 5.26 Å². The molecule has 4 nitrogen and oxygen atoms in total. The third kappa shape index (κ3) is 3.58. The summed E-state index contributed by atoms with van der Waals surface area (Å²) in [7, 11) is 1.64. The van der Waals surface area contributed by atoms with Gasteiger partial charge in [0.15, 0.2) is 0 Å². The average molecular weight is 155 g/mol. The first-order chi connectivity index (χ1) is 5.11. The maximum atomic E-state index is 10.9. The summed E-state index contributed by atoms with van der Waals surface area (Å²) < 4.78 is 0. The minimum absolute atomic E-state index is 0.00858. The van der Waals surface area contributed by atoms with Crippen LogP contribution in [-0.4, -0.2) is 30.9 Å². The Bertz CT molecular complexity index is 173. The minimum Gasteiger partial charge on any atom is -0.343 e. The Balaban J connectivity index is 3.79. The summed E-state index contributed by atoms with van der Waals surface area (Å²) in [5, 5.41) is 8.42. The quantitative estimate of drug-likeness (QED) is 0.600. The van der Waals surface area contributed by atoms with Crippen LogP contribution in [0.3, 0.4) is 0 Å². The van der Waals surface area contributed by atoms with E-state index in [0.717, 1.165) is 0 Å². The SMILES string of the molecule is CC(C#N)CN(C)C(=O)CN. The molecule has 2 N–H and O–H groups in total. The van der Waals surface area contributed by atoms with E-state index in [4.69, 9.17) is 11.0 Å². The van der Waals surface area contributed by atoms with Gasteiger partial charge in [-0.3, -0.25) is 4.79 Å². The topological polar surface area (TPSA) is 70.1 Å². The molecule has 0 bridgehead atoms. The number of hydrogen-bond donors (Lipinski definition) is 1. The highest BCUT2D eigenvalue weighted by Crippen LogP contribution is 1.94. The van der Waals surface area contributed by atoms with Crippen LogP contribution in [0.4, 0.5) is 0 Å². The fraction of sp³-hybridized carbons (Fsp3) is 0.714. The van der Waals surface area contributed by atoms with E-state index in [2.05, 4.69) is 0 Å². The second kappa shape index (κ2) is 4.69. The van der Waals surface area contributed by atoms with Crippen molar-refractivity contribution < 1.29 is 4.79 Å². The summed E-state index contributed by atoms with van der Waals surface area (Å²) in [6.07, 6.45) is 0. The Morgan fingerprint density at radius 1 is 1.82 bits per heavy atom. The zero-order valence-electron chi connectivity index (χ0n) is 6.87. The van der Waals surface area contributed by atoms with Gasteiger partial charge in [-0.25, -0.2) is 0 Å². The number of nitriles is 1. The standard InChI is InChI=1S/C7H13N3O/c1-6(3-8)5-10(2)7(11)4-9/h6H,4-5,9H2,1-2H3. The predicted molar refractivity (Wildman–Crippen MR) is 41.5 cm³/mol. The summed E-state index contributed by atoms with van der Waals surface area (Å²) in [5.41, 5.74) is 5.12. The predicted octanol–water partition coefficient (Wildman–Crippen LogP) is -0.437. The van der Waals surface area contributed by atoms with Crippen LogP contribution in [0, 0.1) is 17.2 Å². The van der Waals surface area contributed by atoms with Crippen LogP contribution in [0.15, 0.2) is 0 Å². The molecule has 0 rings (SSSR count). The average Bonchev–Trinajstić information content (AvgIpc) is 2.02. The van der Waals surface area contributed by atoms with Crippen molar-refractivity contribution in [3.63, 3.8) is 0 Å². The number of nitrogens with zero attached hydrogens (tertiary/aromatic N) is 2. The maximum Gasteiger partial charge on any atom is 0.236 e. The number of carbonyl (C=O) groups excluding carboxylic acids is 1. The summed E-state index contributed by atoms with van der Waals surface area (Å²) in [6, 6.07) is 2.04. The van der Waals surface area contributed by atoms with Gasteiger partial charge >= 0.3 is 0 Å². The highest BCUT2D eigenvalue weighted by molar-refractivity contribution is 5.77. The lowest BCUT2D eigenvalue weighted by Crippen LogP contribution is -2.35. The van der Waals surface area contributed by atoms with Crippen LogP contribution in [0.2, 0.25) is 0 Å². The van der Waals surface area contributed by atoms with Crippen LogP contribution in [0.5, 0.6) is 0 Å². The van der Waals surface area contributed by atoms with Gasteiger partial charge in [-0.1, -0.05) is 0 Å². The molecule has 0 aliphatic rings. The van der Waals surface area contributed by atoms with E-state index in [1.54, 1.807) is 14.0 Å². The first-order valence-electron chi connectivity index (χ1n) is 3.45. The van der Waals surface area contributed by atoms with E-state index >= 15 is 0 Å². The molecule has 0 saturated heterocycles. The van der Waals surface area contributed by atoms with Gasteiger partial charge in [0.25, 0.3) is 0 Å². The summed E-state index contributed by atoms with van der Waals surface area (Å²) >= 11 is 0. The Morgan fingerprint density at radius 3 is 2.73 bits per heavy atom. The van der Waals surface area contributed by atoms with Crippen molar-refractivity contribution in [3.8, 4) is 6.07 Å². The van der Waals surface area contributed by atoms with Gasteiger partial charge in [0.05, 0.1) is 18.5 Å². The van der Waals surface area contributed by atoms with E-state index in [1.165, 1.54) is 4.90 Å². The molecular formula is C7H13N3O. The zero-order chi connectivity index (χ0) is 8.85. The van der Waals surface area contributed by atoms with E-state index < -0.39 is 0 Å². The summed E-state index contributed by atoms with van der Waals surface area (Å²) in [6.45, 7) is 2.22. The first-order valence-corrected chi connectivity index (χ1v) is 3.45. The van der Waals surface area contributed by atoms with Crippen LogP contribution in [0.25, 0.3) is 0 Å². The van der Waals surface area contributed by atoms with E-state index in [-0.39, 0.29) is 18.4 Å². The van der Waals surface area contributed by atoms with Crippen molar-refractivity contribution in [2.75, 3.05) is 20.1 Å². The lowest BCUT2D eigenvalue weighted by Gasteiger charge is -2.16. The highest BCUT2D eigenvalue weighted by Gasteiger charge is 2.09. The molecule has 1 atom stereocenters. The fourth-order valence-electron chi connectivity index (χ4n) is 0.709. The Kier molecular flexibility index (Phi) is 4.23. The molecule has 1 unspecified atom stereocenters. The molecule has 62 valence electrons. The van der Waals surface area contributed by atoms with Gasteiger partial charge in [0.1, 0.15) is 0 Å². The molecule has 0 aromatic heterocycles. The fourth-order valence-corrected chi connectivity index (χ4v) is 0.709. The van der Waals surface area contributed by atoms with Crippen molar-refractivity contribution in [1.82, 2.24) is 4.90 Å². The van der Waals surface area contributed by atoms with Gasteiger partial charge in [0, 0.05) is 13.6 Å². The van der Waals surface area contributed by atoms with E-state index in [9.17, 15) is 4.79 Å². The number of hydrogen-bond acceptors (Lipinski definition) is 3. The van der Waals surface area contributed by atoms with Gasteiger partial charge < -0.3 is 10.6 Å². The Labute approximate surface area is 66.6 Å². The third-order valence-electron chi connectivity index (χ3n) is 1.37. The Hall–Kier alpha value is -1.08.